The van der Waals surface area contributed by atoms with Crippen molar-refractivity contribution in [2.75, 3.05) is 12.1 Å². The highest BCUT2D eigenvalue weighted by atomic mass is 35.5. The number of nitrogens with zero attached hydrogens (tertiary/aromatic N) is 1. The van der Waals surface area contributed by atoms with Crippen LogP contribution in [0.1, 0.15) is 10.4 Å². The molecule has 3 rings (SSSR count). The summed E-state index contributed by atoms with van der Waals surface area (Å²) in [6.45, 7) is 0.128. The van der Waals surface area contributed by atoms with Gasteiger partial charge >= 0.3 is 0 Å². The van der Waals surface area contributed by atoms with Crippen molar-refractivity contribution in [1.29, 1.82) is 0 Å². The number of anilines is 1. The number of carbonyl (C=O) groups is 1. The molecule has 2 aromatic carbocycles. The molecular formula is C14H9ClN2O5. The lowest BCUT2D eigenvalue weighted by molar-refractivity contribution is -0.384. The third-order valence-electron chi connectivity index (χ3n) is 3.04. The van der Waals surface area contributed by atoms with Gasteiger partial charge in [-0.3, -0.25) is 14.9 Å². The number of hydrogen-bond acceptors (Lipinski definition) is 5. The summed E-state index contributed by atoms with van der Waals surface area (Å²) in [7, 11) is 0. The summed E-state index contributed by atoms with van der Waals surface area (Å²) < 4.78 is 10.4. The summed E-state index contributed by atoms with van der Waals surface area (Å²) in [5, 5.41) is 13.5. The topological polar surface area (TPSA) is 90.7 Å². The van der Waals surface area contributed by atoms with E-state index in [9.17, 15) is 14.9 Å². The zero-order valence-corrected chi connectivity index (χ0v) is 11.8. The van der Waals surface area contributed by atoms with E-state index in [1.165, 1.54) is 12.1 Å². The molecule has 0 aromatic heterocycles. The maximum atomic E-state index is 12.2. The van der Waals surface area contributed by atoms with E-state index in [1.807, 2.05) is 0 Å². The normalized spacial score (nSPS) is 12.0. The predicted octanol–water partition coefficient (Wildman–Crippen LogP) is 3.23. The number of hydrogen-bond donors (Lipinski definition) is 1. The zero-order chi connectivity index (χ0) is 15.7. The predicted molar refractivity (Wildman–Crippen MR) is 78.6 cm³/mol. The van der Waals surface area contributed by atoms with E-state index < -0.39 is 10.8 Å². The summed E-state index contributed by atoms with van der Waals surface area (Å²) in [4.78, 5) is 22.4. The molecular weight excluding hydrogens is 312 g/mol. The molecule has 1 aliphatic rings. The average Bonchev–Trinajstić information content (AvgIpc) is 2.94. The van der Waals surface area contributed by atoms with E-state index in [0.29, 0.717) is 17.2 Å². The number of halogens is 1. The minimum atomic E-state index is -0.590. The maximum Gasteiger partial charge on any atom is 0.270 e. The Morgan fingerprint density at radius 1 is 1.18 bits per heavy atom. The highest BCUT2D eigenvalue weighted by Gasteiger charge is 2.18. The molecule has 0 saturated heterocycles. The average molecular weight is 321 g/mol. The fourth-order valence-corrected chi connectivity index (χ4v) is 2.18. The van der Waals surface area contributed by atoms with E-state index >= 15 is 0 Å². The van der Waals surface area contributed by atoms with Crippen molar-refractivity contribution in [3.63, 3.8) is 0 Å². The van der Waals surface area contributed by atoms with Gasteiger partial charge in [0.15, 0.2) is 11.5 Å². The summed E-state index contributed by atoms with van der Waals surface area (Å²) >= 11 is 5.93. The van der Waals surface area contributed by atoms with E-state index in [2.05, 4.69) is 5.32 Å². The first-order valence-corrected chi connectivity index (χ1v) is 6.57. The highest BCUT2D eigenvalue weighted by molar-refractivity contribution is 6.34. The Morgan fingerprint density at radius 3 is 2.73 bits per heavy atom. The Morgan fingerprint density at radius 2 is 1.95 bits per heavy atom. The zero-order valence-electron chi connectivity index (χ0n) is 11.0. The number of nitro groups is 1. The van der Waals surface area contributed by atoms with Crippen LogP contribution in [0, 0.1) is 10.1 Å². The monoisotopic (exact) mass is 320 g/mol. The van der Waals surface area contributed by atoms with Crippen LogP contribution in [0.3, 0.4) is 0 Å². The van der Waals surface area contributed by atoms with Crippen molar-refractivity contribution in [3.8, 4) is 11.5 Å². The van der Waals surface area contributed by atoms with Crippen LogP contribution in [0.15, 0.2) is 36.4 Å². The van der Waals surface area contributed by atoms with Crippen LogP contribution in [-0.2, 0) is 0 Å². The summed E-state index contributed by atoms with van der Waals surface area (Å²) in [5.74, 6) is 0.557. The lowest BCUT2D eigenvalue weighted by Gasteiger charge is -2.07. The Balaban J connectivity index is 1.85. The summed E-state index contributed by atoms with van der Waals surface area (Å²) in [5.41, 5.74) is 0.283. The first kappa shape index (κ1) is 14.2. The van der Waals surface area contributed by atoms with Crippen LogP contribution in [-0.4, -0.2) is 17.6 Å². The molecule has 1 amide bonds. The molecule has 112 valence electrons. The molecule has 0 unspecified atom stereocenters. The lowest BCUT2D eigenvalue weighted by atomic mass is 10.1. The Hall–Kier alpha value is -2.80. The van der Waals surface area contributed by atoms with Gasteiger partial charge in [-0.15, -0.1) is 0 Å². The molecule has 8 heteroatoms. The number of nitrogens with one attached hydrogen (secondary N) is 1. The maximum absolute atomic E-state index is 12.2. The quantitative estimate of drug-likeness (QED) is 0.692. The molecule has 7 nitrogen and oxygen atoms in total. The van der Waals surface area contributed by atoms with E-state index in [0.717, 1.165) is 6.07 Å². The second-order valence-electron chi connectivity index (χ2n) is 4.44. The molecule has 0 saturated carbocycles. The largest absolute Gasteiger partial charge is 0.454 e. The van der Waals surface area contributed by atoms with Gasteiger partial charge in [0.2, 0.25) is 6.79 Å². The molecule has 22 heavy (non-hydrogen) atoms. The number of carbonyl (C=O) groups excluding carboxylic acids is 1. The van der Waals surface area contributed by atoms with E-state index in [1.54, 1.807) is 18.2 Å². The van der Waals surface area contributed by atoms with Crippen LogP contribution in [0.4, 0.5) is 11.4 Å². The Kier molecular flexibility index (Phi) is 3.56. The molecule has 0 fully saturated rings. The van der Waals surface area contributed by atoms with Crippen LogP contribution >= 0.6 is 11.6 Å². The molecule has 0 bridgehead atoms. The lowest BCUT2D eigenvalue weighted by Crippen LogP contribution is -2.12. The van der Waals surface area contributed by atoms with Gasteiger partial charge in [-0.25, -0.2) is 0 Å². The molecule has 2 aromatic rings. The van der Waals surface area contributed by atoms with Crippen molar-refractivity contribution < 1.29 is 19.2 Å². The van der Waals surface area contributed by atoms with Crippen LogP contribution in [0.5, 0.6) is 11.5 Å². The number of fused-ring (bicyclic) bond motifs is 1. The van der Waals surface area contributed by atoms with Gasteiger partial charge in [-0.2, -0.15) is 0 Å². The Labute approximate surface area is 129 Å². The van der Waals surface area contributed by atoms with Crippen molar-refractivity contribution in [2.24, 2.45) is 0 Å². The van der Waals surface area contributed by atoms with Gasteiger partial charge in [-0.1, -0.05) is 11.6 Å². The second-order valence-corrected chi connectivity index (χ2v) is 4.85. The Bertz CT molecular complexity index is 778. The molecule has 1 heterocycles. The van der Waals surface area contributed by atoms with E-state index in [4.69, 9.17) is 21.1 Å². The fourth-order valence-electron chi connectivity index (χ4n) is 1.97. The minimum Gasteiger partial charge on any atom is -0.454 e. The summed E-state index contributed by atoms with van der Waals surface area (Å²) in [6, 6.07) is 8.58. The molecule has 0 spiro atoms. The number of amides is 1. The van der Waals surface area contributed by atoms with Gasteiger partial charge in [-0.05, 0) is 18.2 Å². The first-order valence-electron chi connectivity index (χ1n) is 6.19. The van der Waals surface area contributed by atoms with E-state index in [-0.39, 0.29) is 23.1 Å². The van der Waals surface area contributed by atoms with Gasteiger partial charge in [0.05, 0.1) is 15.5 Å². The fraction of sp³-hybridized carbons (Fsp3) is 0.0714. The van der Waals surface area contributed by atoms with Gasteiger partial charge in [0, 0.05) is 23.9 Å². The summed E-state index contributed by atoms with van der Waals surface area (Å²) in [6.07, 6.45) is 0. The number of nitro benzene ring substituents is 1. The minimum absolute atomic E-state index is 0.0218. The molecule has 0 radical (unpaired) electrons. The third-order valence-corrected chi connectivity index (χ3v) is 3.37. The highest BCUT2D eigenvalue weighted by Crippen LogP contribution is 2.34. The standard InChI is InChI=1S/C14H9ClN2O5/c15-11-3-2-9(17(19)20)6-10(11)14(18)16-8-1-4-12-13(5-8)22-7-21-12/h1-6H,7H2,(H,16,18). The van der Waals surface area contributed by atoms with Gasteiger partial charge in [0.1, 0.15) is 0 Å². The number of ether oxygens (including phenoxy) is 2. The van der Waals surface area contributed by atoms with Crippen molar-refractivity contribution in [1.82, 2.24) is 0 Å². The SMILES string of the molecule is O=C(Nc1ccc2c(c1)OCO2)c1cc([N+](=O)[O-])ccc1Cl. The third kappa shape index (κ3) is 2.66. The first-order chi connectivity index (χ1) is 10.5. The second kappa shape index (κ2) is 5.53. The molecule has 0 atom stereocenters. The van der Waals surface area contributed by atoms with Crippen LogP contribution in [0.2, 0.25) is 5.02 Å². The molecule has 0 aliphatic carbocycles. The smallest absolute Gasteiger partial charge is 0.270 e. The number of rotatable bonds is 3. The molecule has 1 N–H and O–H groups in total. The van der Waals surface area contributed by atoms with Crippen LogP contribution < -0.4 is 14.8 Å². The van der Waals surface area contributed by atoms with Crippen LogP contribution in [0.25, 0.3) is 0 Å². The van der Waals surface area contributed by atoms with Crippen molar-refractivity contribution >= 4 is 28.9 Å². The van der Waals surface area contributed by atoms with Gasteiger partial charge in [0.25, 0.3) is 11.6 Å². The number of non-ortho nitro benzene ring substituents is 1. The molecule has 1 aliphatic heterocycles. The van der Waals surface area contributed by atoms with Crippen molar-refractivity contribution in [2.45, 2.75) is 0 Å². The van der Waals surface area contributed by atoms with Crippen molar-refractivity contribution in [3.05, 3.63) is 57.1 Å². The van der Waals surface area contributed by atoms with Gasteiger partial charge < -0.3 is 14.8 Å². The number of benzene rings is 2.